The second-order valence-electron chi connectivity index (χ2n) is 14.9. The van der Waals surface area contributed by atoms with Gasteiger partial charge in [-0.15, -0.1) is 0 Å². The molecule has 1 aliphatic heterocycles. The maximum atomic E-state index is 11.6. The van der Waals surface area contributed by atoms with Crippen LogP contribution in [0.25, 0.3) is 65.7 Å². The SMILES string of the molecule is CCc1cccc(CC)c1-c1cc2ccc3c4c5c6c7c(cc(c1)c2c37)C(C)(C)c1c(O)c(O)c(O)c(c1-6)OC5(C)c1c(O)c(O)c(O)c(O)c1-4. The van der Waals surface area contributed by atoms with Gasteiger partial charge in [0.15, 0.2) is 28.6 Å². The number of phenols is 7. The predicted molar refractivity (Wildman–Crippen MR) is 196 cm³/mol. The van der Waals surface area contributed by atoms with E-state index in [4.69, 9.17) is 4.74 Å². The Bertz CT molecular complexity index is 2790. The fourth-order valence-electron chi connectivity index (χ4n) is 9.93. The van der Waals surface area contributed by atoms with Gasteiger partial charge in [-0.25, -0.2) is 0 Å². The lowest BCUT2D eigenvalue weighted by Gasteiger charge is -2.44. The molecular formula is C43H34O8. The van der Waals surface area contributed by atoms with E-state index in [-0.39, 0.29) is 16.9 Å². The van der Waals surface area contributed by atoms with Crippen LogP contribution in [0.4, 0.5) is 0 Å². The number of hydrogen-bond donors (Lipinski definition) is 7. The summed E-state index contributed by atoms with van der Waals surface area (Å²) in [4.78, 5) is 0. The van der Waals surface area contributed by atoms with Crippen LogP contribution in [0.1, 0.15) is 68.0 Å². The fourth-order valence-corrected chi connectivity index (χ4v) is 9.93. The molecule has 0 radical (unpaired) electrons. The zero-order valence-electron chi connectivity index (χ0n) is 28.6. The number of rotatable bonds is 3. The minimum Gasteiger partial charge on any atom is -0.504 e. The summed E-state index contributed by atoms with van der Waals surface area (Å²) in [6, 6.07) is 17.1. The van der Waals surface area contributed by atoms with Crippen LogP contribution in [0.5, 0.6) is 46.0 Å². The molecule has 7 aromatic rings. The third kappa shape index (κ3) is 3.11. The van der Waals surface area contributed by atoms with Gasteiger partial charge in [-0.2, -0.15) is 0 Å². The molecule has 0 bridgehead atoms. The van der Waals surface area contributed by atoms with E-state index in [1.54, 1.807) is 6.92 Å². The van der Waals surface area contributed by atoms with Crippen LogP contribution < -0.4 is 4.74 Å². The normalized spacial score (nSPS) is 17.4. The second-order valence-corrected chi connectivity index (χ2v) is 14.9. The van der Waals surface area contributed by atoms with Crippen LogP contribution in [0, 0.1) is 0 Å². The summed E-state index contributed by atoms with van der Waals surface area (Å²) >= 11 is 0. The minimum absolute atomic E-state index is 0.00714. The first kappa shape index (κ1) is 29.9. The van der Waals surface area contributed by atoms with Crippen molar-refractivity contribution >= 4 is 32.3 Å². The van der Waals surface area contributed by atoms with Crippen LogP contribution >= 0.6 is 0 Å². The molecule has 254 valence electrons. The Labute approximate surface area is 292 Å². The van der Waals surface area contributed by atoms with Crippen molar-refractivity contribution in [3.05, 3.63) is 81.9 Å². The Balaban J connectivity index is 1.49. The molecule has 1 atom stereocenters. The third-order valence-electron chi connectivity index (χ3n) is 12.1. The largest absolute Gasteiger partial charge is 0.504 e. The van der Waals surface area contributed by atoms with Gasteiger partial charge in [0, 0.05) is 38.8 Å². The molecular weight excluding hydrogens is 644 g/mol. The van der Waals surface area contributed by atoms with Gasteiger partial charge in [-0.05, 0) is 98.1 Å². The summed E-state index contributed by atoms with van der Waals surface area (Å²) in [6.45, 7) is 9.93. The van der Waals surface area contributed by atoms with Crippen LogP contribution in [0.2, 0.25) is 0 Å². The van der Waals surface area contributed by atoms with Crippen molar-refractivity contribution in [1.82, 2.24) is 0 Å². The number of aromatic hydroxyl groups is 7. The van der Waals surface area contributed by atoms with Crippen LogP contribution in [-0.4, -0.2) is 35.7 Å². The number of ether oxygens (including phenoxy) is 1. The number of fused-ring (bicyclic) bond motifs is 4. The number of hydrogen-bond acceptors (Lipinski definition) is 8. The first-order valence-corrected chi connectivity index (χ1v) is 17.2. The van der Waals surface area contributed by atoms with E-state index in [0.717, 1.165) is 56.3 Å². The lowest BCUT2D eigenvalue weighted by molar-refractivity contribution is 0.123. The summed E-state index contributed by atoms with van der Waals surface area (Å²) in [7, 11) is 0. The summed E-state index contributed by atoms with van der Waals surface area (Å²) < 4.78 is 6.62. The highest BCUT2D eigenvalue weighted by Crippen LogP contribution is 2.72. The molecule has 7 aromatic carbocycles. The number of phenolic OH excluding ortho intramolecular Hbond substituents is 7. The highest BCUT2D eigenvalue weighted by molar-refractivity contribution is 6.33. The number of aryl methyl sites for hydroxylation is 2. The van der Waals surface area contributed by atoms with E-state index in [9.17, 15) is 35.7 Å². The van der Waals surface area contributed by atoms with E-state index in [1.165, 1.54) is 16.7 Å². The van der Waals surface area contributed by atoms with Crippen molar-refractivity contribution in [3.63, 3.8) is 0 Å². The molecule has 2 aliphatic carbocycles. The van der Waals surface area contributed by atoms with Gasteiger partial charge in [0.1, 0.15) is 0 Å². The zero-order chi connectivity index (χ0) is 35.8. The molecule has 8 heteroatoms. The van der Waals surface area contributed by atoms with Crippen molar-refractivity contribution in [2.75, 3.05) is 0 Å². The molecule has 7 N–H and O–H groups in total. The van der Waals surface area contributed by atoms with Crippen molar-refractivity contribution in [1.29, 1.82) is 0 Å². The van der Waals surface area contributed by atoms with Crippen molar-refractivity contribution < 1.29 is 40.5 Å². The van der Waals surface area contributed by atoms with E-state index in [0.29, 0.717) is 27.8 Å². The molecule has 0 amide bonds. The predicted octanol–water partition coefficient (Wildman–Crippen LogP) is 9.26. The monoisotopic (exact) mass is 678 g/mol. The van der Waals surface area contributed by atoms with E-state index in [1.807, 2.05) is 19.9 Å². The van der Waals surface area contributed by atoms with Gasteiger partial charge in [0.2, 0.25) is 23.0 Å². The van der Waals surface area contributed by atoms with E-state index in [2.05, 4.69) is 56.3 Å². The third-order valence-corrected chi connectivity index (χ3v) is 12.1. The Kier molecular flexibility index (Phi) is 5.27. The molecule has 0 aromatic heterocycles. The first-order valence-electron chi connectivity index (χ1n) is 17.2. The molecule has 1 unspecified atom stereocenters. The molecule has 51 heavy (non-hydrogen) atoms. The Morgan fingerprint density at radius 1 is 0.529 bits per heavy atom. The quantitative estimate of drug-likeness (QED) is 0.0555. The molecule has 0 fully saturated rings. The van der Waals surface area contributed by atoms with Crippen LogP contribution in [-0.2, 0) is 23.9 Å². The summed E-state index contributed by atoms with van der Waals surface area (Å²) in [5.74, 6) is -5.06. The summed E-state index contributed by atoms with van der Waals surface area (Å²) in [6.07, 6.45) is 1.74. The second kappa shape index (κ2) is 9.01. The summed E-state index contributed by atoms with van der Waals surface area (Å²) in [5.41, 5.74) is 5.66. The zero-order valence-corrected chi connectivity index (χ0v) is 28.6. The number of benzene rings is 7. The fraction of sp³-hybridized carbons (Fsp3) is 0.209. The average molecular weight is 679 g/mol. The van der Waals surface area contributed by atoms with Gasteiger partial charge >= 0.3 is 0 Å². The molecule has 0 saturated heterocycles. The highest BCUT2D eigenvalue weighted by atomic mass is 16.5. The molecule has 0 spiro atoms. The van der Waals surface area contributed by atoms with Crippen LogP contribution in [0.15, 0.2) is 48.5 Å². The Morgan fingerprint density at radius 3 is 1.84 bits per heavy atom. The molecule has 10 rings (SSSR count). The van der Waals surface area contributed by atoms with E-state index < -0.39 is 51.3 Å². The maximum absolute atomic E-state index is 11.6. The van der Waals surface area contributed by atoms with Crippen molar-refractivity contribution in [2.45, 2.75) is 58.5 Å². The van der Waals surface area contributed by atoms with Crippen molar-refractivity contribution in [3.8, 4) is 79.4 Å². The van der Waals surface area contributed by atoms with Gasteiger partial charge in [0.25, 0.3) is 0 Å². The topological polar surface area (TPSA) is 151 Å². The smallest absolute Gasteiger partial charge is 0.205 e. The molecule has 3 aliphatic rings. The van der Waals surface area contributed by atoms with Gasteiger partial charge < -0.3 is 40.5 Å². The van der Waals surface area contributed by atoms with Gasteiger partial charge in [0.05, 0.1) is 5.56 Å². The Hall–Kier alpha value is -6.02. The lowest BCUT2D eigenvalue weighted by atomic mass is 9.63. The van der Waals surface area contributed by atoms with Gasteiger partial charge in [-0.3, -0.25) is 0 Å². The lowest BCUT2D eigenvalue weighted by Crippen LogP contribution is -2.35. The maximum Gasteiger partial charge on any atom is 0.205 e. The first-order chi connectivity index (χ1) is 24.3. The average Bonchev–Trinajstić information content (AvgIpc) is 3.40. The molecule has 0 saturated carbocycles. The standard InChI is InChI=1S/C43H34O8/c1-6-16-9-8-10-17(7-2)23(16)19-13-18-11-12-21-25-24(18)20(14-19)15-22-27(25)28-30-32(42(22,3)4)35(45)39(49)40(50)41(30)51-43(5)31(28)26(21)29-33(43)36(46)38(48)37(47)34(29)44/h8-15,44-50H,6-7H2,1-5H3. The van der Waals surface area contributed by atoms with Gasteiger partial charge in [-0.1, -0.05) is 58.0 Å². The van der Waals surface area contributed by atoms with Crippen LogP contribution in [0.3, 0.4) is 0 Å². The summed E-state index contributed by atoms with van der Waals surface area (Å²) in [5, 5.41) is 84.4. The molecule has 1 heterocycles. The molecule has 8 nitrogen and oxygen atoms in total. The van der Waals surface area contributed by atoms with Crippen molar-refractivity contribution in [2.24, 2.45) is 0 Å². The Morgan fingerprint density at radius 2 is 1.16 bits per heavy atom. The minimum atomic E-state index is -1.62. The van der Waals surface area contributed by atoms with E-state index >= 15 is 0 Å². The highest BCUT2D eigenvalue weighted by Gasteiger charge is 2.56.